The van der Waals surface area contributed by atoms with E-state index in [0.29, 0.717) is 18.6 Å². The molecule has 0 N–H and O–H groups in total. The summed E-state index contributed by atoms with van der Waals surface area (Å²) in [7, 11) is 3.87. The lowest BCUT2D eigenvalue weighted by molar-refractivity contribution is -0.139. The van der Waals surface area contributed by atoms with Gasteiger partial charge in [0.15, 0.2) is 0 Å². The molecule has 102 valence electrons. The maximum atomic E-state index is 11.6. The fourth-order valence-electron chi connectivity index (χ4n) is 1.41. The van der Waals surface area contributed by atoms with Gasteiger partial charge in [-0.05, 0) is 26.1 Å². The summed E-state index contributed by atoms with van der Waals surface area (Å²) in [5.74, 6) is -0.320. The summed E-state index contributed by atoms with van der Waals surface area (Å²) in [6.45, 7) is 4.86. The molecule has 0 saturated carbocycles. The minimum absolute atomic E-state index is 0.320. The number of benzene rings is 1. The van der Waals surface area contributed by atoms with E-state index in [2.05, 4.69) is 6.58 Å². The summed E-state index contributed by atoms with van der Waals surface area (Å²) in [5, 5.41) is 0. The predicted octanol–water partition coefficient (Wildman–Crippen LogP) is 2.75. The number of hydrogen-bond donors (Lipinski definition) is 0. The Bertz CT molecular complexity index is 435. The molecule has 0 saturated heterocycles. The van der Waals surface area contributed by atoms with Crippen LogP contribution >= 0.6 is 0 Å². The Morgan fingerprint density at radius 3 is 2.63 bits per heavy atom. The zero-order valence-corrected chi connectivity index (χ0v) is 11.6. The van der Waals surface area contributed by atoms with Crippen LogP contribution in [0.15, 0.2) is 48.6 Å². The zero-order valence-electron chi connectivity index (χ0n) is 11.6. The molecule has 0 aromatic heterocycles. The fourth-order valence-corrected chi connectivity index (χ4v) is 1.41. The van der Waals surface area contributed by atoms with Crippen LogP contribution in [0.5, 0.6) is 0 Å². The van der Waals surface area contributed by atoms with Crippen molar-refractivity contribution >= 4 is 12.0 Å². The van der Waals surface area contributed by atoms with Crippen molar-refractivity contribution < 1.29 is 9.53 Å². The average molecular weight is 259 g/mol. The van der Waals surface area contributed by atoms with Gasteiger partial charge in [0.05, 0.1) is 0 Å². The number of carbonyl (C=O) groups excluding carboxylic acids is 1. The lowest BCUT2D eigenvalue weighted by Crippen LogP contribution is -2.20. The smallest absolute Gasteiger partial charge is 0.333 e. The van der Waals surface area contributed by atoms with Crippen molar-refractivity contribution in [2.24, 2.45) is 0 Å². The second kappa shape index (κ2) is 8.27. The number of nitrogens with zero attached hydrogens (tertiary/aromatic N) is 1. The number of rotatable bonds is 7. The first-order valence-electron chi connectivity index (χ1n) is 6.31. The van der Waals surface area contributed by atoms with E-state index in [-0.39, 0.29) is 5.97 Å². The number of carbonyl (C=O) groups is 1. The van der Waals surface area contributed by atoms with E-state index in [9.17, 15) is 4.79 Å². The van der Waals surface area contributed by atoms with Gasteiger partial charge in [-0.25, -0.2) is 4.79 Å². The average Bonchev–Trinajstić information content (AvgIpc) is 2.39. The van der Waals surface area contributed by atoms with Crippen molar-refractivity contribution in [2.45, 2.75) is 6.42 Å². The summed E-state index contributed by atoms with van der Waals surface area (Å²) in [6.07, 6.45) is 4.40. The Morgan fingerprint density at radius 2 is 2.00 bits per heavy atom. The highest BCUT2D eigenvalue weighted by Gasteiger charge is 2.06. The summed E-state index contributed by atoms with van der Waals surface area (Å²) in [5.41, 5.74) is 1.59. The standard InChI is InChI=1S/C16H21NO2/c1-14(16(18)19-13-12-17(2)3)8-7-11-15-9-5-4-6-10-15/h4-7,9-11H,1,8,12-13H2,2-3H3. The second-order valence-electron chi connectivity index (χ2n) is 4.56. The van der Waals surface area contributed by atoms with Crippen LogP contribution in [0.1, 0.15) is 12.0 Å². The van der Waals surface area contributed by atoms with Gasteiger partial charge in [-0.3, -0.25) is 0 Å². The molecular formula is C16H21NO2. The molecule has 3 nitrogen and oxygen atoms in total. The molecule has 1 aromatic carbocycles. The largest absolute Gasteiger partial charge is 0.461 e. The van der Waals surface area contributed by atoms with Crippen LogP contribution in [-0.2, 0) is 9.53 Å². The molecule has 0 aliphatic rings. The molecule has 0 bridgehead atoms. The van der Waals surface area contributed by atoms with Gasteiger partial charge in [-0.1, -0.05) is 49.1 Å². The Balaban J connectivity index is 2.31. The molecular weight excluding hydrogens is 238 g/mol. The predicted molar refractivity (Wildman–Crippen MR) is 78.7 cm³/mol. The van der Waals surface area contributed by atoms with E-state index in [0.717, 1.165) is 12.1 Å². The molecule has 0 fully saturated rings. The SMILES string of the molecule is C=C(CC=Cc1ccccc1)C(=O)OCCN(C)C. The first-order chi connectivity index (χ1) is 9.09. The molecule has 0 heterocycles. The Kier molecular flexibility index (Phi) is 6.61. The minimum Gasteiger partial charge on any atom is -0.461 e. The van der Waals surface area contributed by atoms with Crippen molar-refractivity contribution in [1.82, 2.24) is 4.90 Å². The molecule has 0 radical (unpaired) electrons. The van der Waals surface area contributed by atoms with E-state index in [4.69, 9.17) is 4.74 Å². The van der Waals surface area contributed by atoms with Crippen molar-refractivity contribution in [3.8, 4) is 0 Å². The molecule has 1 rings (SSSR count). The van der Waals surface area contributed by atoms with Crippen molar-refractivity contribution in [3.63, 3.8) is 0 Å². The quantitative estimate of drug-likeness (QED) is 0.557. The summed E-state index contributed by atoms with van der Waals surface area (Å²) < 4.78 is 5.10. The van der Waals surface area contributed by atoms with Crippen LogP contribution in [0.25, 0.3) is 6.08 Å². The zero-order chi connectivity index (χ0) is 14.1. The van der Waals surface area contributed by atoms with Gasteiger partial charge in [0.25, 0.3) is 0 Å². The highest BCUT2D eigenvalue weighted by atomic mass is 16.5. The van der Waals surface area contributed by atoms with Crippen molar-refractivity contribution in [2.75, 3.05) is 27.2 Å². The van der Waals surface area contributed by atoms with Gasteiger partial charge in [0, 0.05) is 12.1 Å². The first kappa shape index (κ1) is 15.2. The van der Waals surface area contributed by atoms with Crippen molar-refractivity contribution in [1.29, 1.82) is 0 Å². The lowest BCUT2D eigenvalue weighted by Gasteiger charge is -2.10. The Labute approximate surface area is 115 Å². The third-order valence-electron chi connectivity index (χ3n) is 2.53. The monoisotopic (exact) mass is 259 g/mol. The fraction of sp³-hybridized carbons (Fsp3) is 0.312. The molecule has 0 spiro atoms. The first-order valence-corrected chi connectivity index (χ1v) is 6.31. The molecule has 3 heteroatoms. The molecule has 1 aromatic rings. The third kappa shape index (κ3) is 6.58. The van der Waals surface area contributed by atoms with Gasteiger partial charge in [-0.15, -0.1) is 0 Å². The van der Waals surface area contributed by atoms with Crippen LogP contribution in [0.2, 0.25) is 0 Å². The molecule has 0 aliphatic heterocycles. The Morgan fingerprint density at radius 1 is 1.32 bits per heavy atom. The third-order valence-corrected chi connectivity index (χ3v) is 2.53. The van der Waals surface area contributed by atoms with Crippen LogP contribution in [-0.4, -0.2) is 38.1 Å². The molecule has 0 unspecified atom stereocenters. The van der Waals surface area contributed by atoms with Gasteiger partial charge < -0.3 is 9.64 Å². The molecule has 19 heavy (non-hydrogen) atoms. The van der Waals surface area contributed by atoms with Gasteiger partial charge in [0.2, 0.25) is 0 Å². The topological polar surface area (TPSA) is 29.5 Å². The number of allylic oxidation sites excluding steroid dienone is 1. The Hall–Kier alpha value is -1.87. The van der Waals surface area contributed by atoms with Crippen LogP contribution < -0.4 is 0 Å². The van der Waals surface area contributed by atoms with E-state index < -0.39 is 0 Å². The van der Waals surface area contributed by atoms with E-state index >= 15 is 0 Å². The van der Waals surface area contributed by atoms with Crippen LogP contribution in [0.3, 0.4) is 0 Å². The number of hydrogen-bond acceptors (Lipinski definition) is 3. The van der Waals surface area contributed by atoms with E-state index in [1.807, 2.05) is 61.5 Å². The number of ether oxygens (including phenoxy) is 1. The van der Waals surface area contributed by atoms with Crippen LogP contribution in [0.4, 0.5) is 0 Å². The maximum absolute atomic E-state index is 11.6. The van der Waals surface area contributed by atoms with E-state index in [1.54, 1.807) is 0 Å². The highest BCUT2D eigenvalue weighted by molar-refractivity contribution is 5.88. The molecule has 0 amide bonds. The lowest BCUT2D eigenvalue weighted by atomic mass is 10.1. The van der Waals surface area contributed by atoms with Crippen molar-refractivity contribution in [3.05, 3.63) is 54.1 Å². The number of esters is 1. The van der Waals surface area contributed by atoms with Gasteiger partial charge in [-0.2, -0.15) is 0 Å². The summed E-state index contributed by atoms with van der Waals surface area (Å²) >= 11 is 0. The van der Waals surface area contributed by atoms with Gasteiger partial charge in [0.1, 0.15) is 6.61 Å². The minimum atomic E-state index is -0.320. The second-order valence-corrected chi connectivity index (χ2v) is 4.56. The summed E-state index contributed by atoms with van der Waals surface area (Å²) in [6, 6.07) is 9.94. The maximum Gasteiger partial charge on any atom is 0.333 e. The van der Waals surface area contributed by atoms with Gasteiger partial charge >= 0.3 is 5.97 Å². The number of likely N-dealkylation sites (N-methyl/N-ethyl adjacent to an activating group) is 1. The molecule has 0 aliphatic carbocycles. The summed E-state index contributed by atoms with van der Waals surface area (Å²) in [4.78, 5) is 13.6. The normalized spacial score (nSPS) is 10.9. The molecule has 0 atom stereocenters. The van der Waals surface area contributed by atoms with Crippen LogP contribution in [0, 0.1) is 0 Å². The van der Waals surface area contributed by atoms with E-state index in [1.165, 1.54) is 0 Å². The highest BCUT2D eigenvalue weighted by Crippen LogP contribution is 2.06.